The number of nitrogens with zero attached hydrogens (tertiary/aromatic N) is 4. The molecule has 2 N–H and O–H groups in total. The van der Waals surface area contributed by atoms with Gasteiger partial charge in [0.15, 0.2) is 18.0 Å². The molecule has 0 bridgehead atoms. The van der Waals surface area contributed by atoms with E-state index in [2.05, 4.69) is 10.1 Å². The van der Waals surface area contributed by atoms with E-state index < -0.39 is 99.2 Å². The van der Waals surface area contributed by atoms with Crippen molar-refractivity contribution in [1.82, 2.24) is 14.6 Å². The Morgan fingerprint density at radius 2 is 1.45 bits per heavy atom. The minimum absolute atomic E-state index is 0.0000655. The molecular formula is C32H46N5O15P. The van der Waals surface area contributed by atoms with Crippen LogP contribution in [0.25, 0.3) is 5.52 Å². The average molecular weight is 772 g/mol. The first-order valence-corrected chi connectivity index (χ1v) is 17.8. The van der Waals surface area contributed by atoms with E-state index in [4.69, 9.17) is 52.5 Å². The molecule has 0 radical (unpaired) electrons. The van der Waals surface area contributed by atoms with Crippen LogP contribution < -0.4 is 5.73 Å². The van der Waals surface area contributed by atoms with Gasteiger partial charge in [-0.1, -0.05) is 0 Å². The number of nitrogens with two attached hydrogens (primary N) is 1. The highest BCUT2D eigenvalue weighted by molar-refractivity contribution is 7.48. The number of anilines is 1. The second kappa shape index (κ2) is 17.1. The quantitative estimate of drug-likeness (QED) is 0.120. The Hall–Kier alpha value is -4.54. The van der Waals surface area contributed by atoms with Crippen LogP contribution in [-0.4, -0.2) is 89.6 Å². The van der Waals surface area contributed by atoms with Crippen molar-refractivity contribution < 1.29 is 70.5 Å². The molecule has 2 aromatic rings. The normalized spacial score (nSPS) is 20.5. The summed E-state index contributed by atoms with van der Waals surface area (Å²) < 4.78 is 68.3. The summed E-state index contributed by atoms with van der Waals surface area (Å²) in [6, 6.07) is 4.99. The summed E-state index contributed by atoms with van der Waals surface area (Å²) in [5, 5.41) is 15.1. The summed E-state index contributed by atoms with van der Waals surface area (Å²) in [6.07, 6.45) is -7.21. The van der Waals surface area contributed by atoms with Crippen molar-refractivity contribution in [3.05, 3.63) is 24.2 Å². The Labute approximate surface area is 306 Å². The number of rotatable bonds is 14. The molecule has 0 aromatic carbocycles. The molecule has 20 nitrogen and oxygen atoms in total. The van der Waals surface area contributed by atoms with E-state index in [-0.39, 0.29) is 17.0 Å². The topological polar surface area (TPSA) is 258 Å². The largest absolute Gasteiger partial charge is 0.510 e. The van der Waals surface area contributed by atoms with E-state index >= 15 is 0 Å². The summed E-state index contributed by atoms with van der Waals surface area (Å²) in [5.41, 5.74) is 1.81. The molecule has 0 saturated carbocycles. The number of nitrogen functional groups attached to an aromatic ring is 1. The zero-order valence-electron chi connectivity index (χ0n) is 31.2. The molecule has 0 amide bonds. The Morgan fingerprint density at radius 1 is 0.925 bits per heavy atom. The predicted molar refractivity (Wildman–Crippen MR) is 179 cm³/mol. The van der Waals surface area contributed by atoms with Gasteiger partial charge in [-0.05, 0) is 81.4 Å². The maximum atomic E-state index is 13.8. The van der Waals surface area contributed by atoms with E-state index in [9.17, 15) is 29.0 Å². The molecule has 53 heavy (non-hydrogen) atoms. The Kier molecular flexibility index (Phi) is 13.8. The van der Waals surface area contributed by atoms with E-state index in [0.29, 0.717) is 0 Å². The average Bonchev–Trinajstić information content (AvgIpc) is 3.59. The van der Waals surface area contributed by atoms with Gasteiger partial charge < -0.3 is 38.9 Å². The van der Waals surface area contributed by atoms with Crippen LogP contribution >= 0.6 is 7.82 Å². The molecule has 1 aliphatic heterocycles. The molecule has 3 rings (SSSR count). The van der Waals surface area contributed by atoms with Crippen molar-refractivity contribution in [2.75, 3.05) is 25.9 Å². The maximum absolute atomic E-state index is 13.8. The number of hydrogen-bond acceptors (Lipinski definition) is 19. The number of esters is 2. The van der Waals surface area contributed by atoms with Gasteiger partial charge in [0.1, 0.15) is 24.0 Å². The number of carbonyl (C=O) groups is 4. The highest BCUT2D eigenvalue weighted by Crippen LogP contribution is 2.51. The smallest absolute Gasteiger partial charge is 0.455 e. The van der Waals surface area contributed by atoms with Crippen LogP contribution in [0.3, 0.4) is 0 Å². The number of phosphoric ester groups is 1. The number of nitriles is 1. The summed E-state index contributed by atoms with van der Waals surface area (Å²) in [5.74, 6) is -1.55. The van der Waals surface area contributed by atoms with Gasteiger partial charge in [0.25, 0.3) is 0 Å². The first kappa shape index (κ1) is 42.9. The van der Waals surface area contributed by atoms with Crippen molar-refractivity contribution in [3.63, 3.8) is 0 Å². The third kappa shape index (κ3) is 11.0. The van der Waals surface area contributed by atoms with Crippen LogP contribution in [-0.2, 0) is 66.5 Å². The highest BCUT2D eigenvalue weighted by Gasteiger charge is 2.63. The lowest BCUT2D eigenvalue weighted by Gasteiger charge is -2.31. The first-order valence-electron chi connectivity index (χ1n) is 16.3. The molecule has 0 unspecified atom stereocenters. The maximum Gasteiger partial charge on any atom is 0.510 e. The summed E-state index contributed by atoms with van der Waals surface area (Å²) >= 11 is 0. The third-order valence-corrected chi connectivity index (χ3v) is 8.28. The second-order valence-corrected chi connectivity index (χ2v) is 15.9. The Balaban J connectivity index is 2.07. The number of phosphoric acid groups is 1. The van der Waals surface area contributed by atoms with Gasteiger partial charge >= 0.3 is 32.1 Å². The van der Waals surface area contributed by atoms with Gasteiger partial charge in [-0.15, -0.1) is 0 Å². The summed E-state index contributed by atoms with van der Waals surface area (Å²) in [4.78, 5) is 54.6. The molecule has 2 aromatic heterocycles. The van der Waals surface area contributed by atoms with Crippen LogP contribution in [0.15, 0.2) is 18.5 Å². The summed E-state index contributed by atoms with van der Waals surface area (Å²) in [6.45, 7) is 12.7. The van der Waals surface area contributed by atoms with Crippen molar-refractivity contribution in [2.45, 2.75) is 105 Å². The number of carbonyl (C=O) groups excluding carboxylic acids is 4. The standard InChI is InChI=1S/C32H46N5O15P/c1-18(2)48-28(40)43-16-46-53(42,47-17-44-29(41)49-19(3)4)45-13-21-23(50-26(38)30(5,6)7)24(51-27(39)31(8,9)10)32(14-33,52-21)22-12-11-20-25(34)35-15-36-37(20)22/h11-12,15,18-19,21,23-24H,13,16-17H2,1-10H3,(H2,34,35,36)/t21-,23-,24-,32+/m1/s1. The number of ether oxygens (including phenoxy) is 7. The monoisotopic (exact) mass is 771 g/mol. The molecule has 1 fully saturated rings. The molecule has 21 heteroatoms. The molecular weight excluding hydrogens is 725 g/mol. The molecule has 3 heterocycles. The summed E-state index contributed by atoms with van der Waals surface area (Å²) in [7, 11) is -4.89. The molecule has 1 saturated heterocycles. The minimum Gasteiger partial charge on any atom is -0.455 e. The lowest BCUT2D eigenvalue weighted by Crippen LogP contribution is -2.48. The van der Waals surface area contributed by atoms with Crippen LogP contribution in [0.2, 0.25) is 0 Å². The van der Waals surface area contributed by atoms with Crippen molar-refractivity contribution in [1.29, 1.82) is 5.26 Å². The van der Waals surface area contributed by atoms with Crippen molar-refractivity contribution in [2.24, 2.45) is 10.8 Å². The van der Waals surface area contributed by atoms with Crippen molar-refractivity contribution in [3.8, 4) is 6.07 Å². The number of fused-ring (bicyclic) bond motifs is 1. The van der Waals surface area contributed by atoms with Crippen LogP contribution in [0.1, 0.15) is 74.9 Å². The lowest BCUT2D eigenvalue weighted by atomic mass is 9.90. The third-order valence-electron chi connectivity index (χ3n) is 6.97. The molecule has 4 atom stereocenters. The SMILES string of the molecule is CC(C)OC(=O)OCOP(=O)(OCOC(=O)OC(C)C)OC[C@H]1O[C@@](C#N)(c2ccc3c(N)ncnn23)[C@H](OC(=O)C(C)(C)C)[C@@H]1OC(=O)C(C)(C)C. The highest BCUT2D eigenvalue weighted by atomic mass is 31.2. The molecule has 294 valence electrons. The Bertz CT molecular complexity index is 1700. The molecule has 0 spiro atoms. The predicted octanol–water partition coefficient (Wildman–Crippen LogP) is 4.54. The molecule has 0 aliphatic carbocycles. The van der Waals surface area contributed by atoms with Gasteiger partial charge in [0, 0.05) is 0 Å². The van der Waals surface area contributed by atoms with Crippen molar-refractivity contribution >= 4 is 43.4 Å². The van der Waals surface area contributed by atoms with E-state index in [1.165, 1.54) is 16.6 Å². The van der Waals surface area contributed by atoms with Crippen LogP contribution in [0, 0.1) is 22.2 Å². The first-order chi connectivity index (χ1) is 24.5. The lowest BCUT2D eigenvalue weighted by molar-refractivity contribution is -0.179. The van der Waals surface area contributed by atoms with Gasteiger partial charge in [0.05, 0.1) is 35.3 Å². The fourth-order valence-corrected chi connectivity index (χ4v) is 5.32. The zero-order chi connectivity index (χ0) is 39.9. The minimum atomic E-state index is -4.89. The van der Waals surface area contributed by atoms with E-state index in [0.717, 1.165) is 6.33 Å². The molecule has 1 aliphatic rings. The Morgan fingerprint density at radius 3 is 1.94 bits per heavy atom. The van der Waals surface area contributed by atoms with Gasteiger partial charge in [-0.25, -0.2) is 32.7 Å². The van der Waals surface area contributed by atoms with Gasteiger partial charge in [-0.3, -0.25) is 14.1 Å². The van der Waals surface area contributed by atoms with Crippen LogP contribution in [0.4, 0.5) is 15.4 Å². The van der Waals surface area contributed by atoms with Gasteiger partial charge in [-0.2, -0.15) is 10.4 Å². The number of hydrogen-bond donors (Lipinski definition) is 1. The zero-order valence-corrected chi connectivity index (χ0v) is 32.1. The van der Waals surface area contributed by atoms with Gasteiger partial charge in [0.2, 0.25) is 19.2 Å². The van der Waals surface area contributed by atoms with E-state index in [1.54, 1.807) is 69.2 Å². The van der Waals surface area contributed by atoms with Crippen LogP contribution in [0.5, 0.6) is 0 Å². The number of aromatic nitrogens is 3. The fourth-order valence-electron chi connectivity index (χ4n) is 4.40. The van der Waals surface area contributed by atoms with E-state index in [1.807, 2.05) is 6.07 Å². The second-order valence-electron chi connectivity index (χ2n) is 14.2. The fraction of sp³-hybridized carbons (Fsp3) is 0.656.